The fourth-order valence-corrected chi connectivity index (χ4v) is 3.35. The van der Waals surface area contributed by atoms with Crippen LogP contribution in [0.2, 0.25) is 0 Å². The molecule has 0 spiro atoms. The molecule has 2 aliphatic rings. The summed E-state index contributed by atoms with van der Waals surface area (Å²) in [7, 11) is 0. The lowest BCUT2D eigenvalue weighted by Crippen LogP contribution is -2.56. The molecule has 2 N–H and O–H groups in total. The molecule has 0 unspecified atom stereocenters. The predicted octanol–water partition coefficient (Wildman–Crippen LogP) is 3.23. The van der Waals surface area contributed by atoms with E-state index in [0.717, 1.165) is 37.8 Å². The molecule has 3 nitrogen and oxygen atoms in total. The van der Waals surface area contributed by atoms with Crippen molar-refractivity contribution in [2.24, 2.45) is 11.7 Å². The van der Waals surface area contributed by atoms with E-state index in [0.29, 0.717) is 12.5 Å². The van der Waals surface area contributed by atoms with Crippen LogP contribution in [-0.2, 0) is 11.3 Å². The summed E-state index contributed by atoms with van der Waals surface area (Å²) in [6, 6.07) is 6.42. The highest BCUT2D eigenvalue weighted by atomic mass is 19.1. The molecular weight excluding hydrogens is 279 g/mol. The van der Waals surface area contributed by atoms with E-state index < -0.39 is 5.54 Å². The highest BCUT2D eigenvalue weighted by Gasteiger charge is 2.39. The third-order valence-corrected chi connectivity index (χ3v) is 4.92. The van der Waals surface area contributed by atoms with Gasteiger partial charge in [-0.2, -0.15) is 0 Å². The first-order valence-electron chi connectivity index (χ1n) is 8.39. The summed E-state index contributed by atoms with van der Waals surface area (Å²) in [4.78, 5) is 14.9. The highest BCUT2D eigenvalue weighted by molar-refractivity contribution is 5.86. The third kappa shape index (κ3) is 3.67. The number of rotatable bonds is 5. The molecule has 2 saturated carbocycles. The van der Waals surface area contributed by atoms with Gasteiger partial charge in [-0.15, -0.1) is 0 Å². The van der Waals surface area contributed by atoms with Crippen molar-refractivity contribution in [3.05, 3.63) is 35.6 Å². The van der Waals surface area contributed by atoms with E-state index in [1.165, 1.54) is 31.4 Å². The van der Waals surface area contributed by atoms with Crippen LogP contribution in [0.3, 0.4) is 0 Å². The van der Waals surface area contributed by atoms with Gasteiger partial charge in [-0.05, 0) is 49.3 Å². The lowest BCUT2D eigenvalue weighted by Gasteiger charge is -2.37. The first-order valence-corrected chi connectivity index (χ1v) is 8.39. The van der Waals surface area contributed by atoms with E-state index in [-0.39, 0.29) is 11.7 Å². The molecule has 4 heteroatoms. The van der Waals surface area contributed by atoms with Crippen LogP contribution >= 0.6 is 0 Å². The Morgan fingerprint density at radius 3 is 2.41 bits per heavy atom. The minimum Gasteiger partial charge on any atom is -0.336 e. The molecule has 0 saturated heterocycles. The maximum atomic E-state index is 13.1. The second-order valence-corrected chi connectivity index (χ2v) is 6.97. The van der Waals surface area contributed by atoms with E-state index in [2.05, 4.69) is 0 Å². The van der Waals surface area contributed by atoms with Crippen molar-refractivity contribution in [3.8, 4) is 0 Å². The van der Waals surface area contributed by atoms with E-state index in [9.17, 15) is 9.18 Å². The van der Waals surface area contributed by atoms with Crippen molar-refractivity contribution in [1.82, 2.24) is 4.90 Å². The van der Waals surface area contributed by atoms with Gasteiger partial charge in [-0.25, -0.2) is 4.39 Å². The fraction of sp³-hybridized carbons (Fsp3) is 0.611. The summed E-state index contributed by atoms with van der Waals surface area (Å²) in [5.41, 5.74) is 6.71. The van der Waals surface area contributed by atoms with Crippen molar-refractivity contribution >= 4 is 5.91 Å². The second-order valence-electron chi connectivity index (χ2n) is 6.97. The van der Waals surface area contributed by atoms with Gasteiger partial charge < -0.3 is 10.6 Å². The highest BCUT2D eigenvalue weighted by Crippen LogP contribution is 2.33. The van der Waals surface area contributed by atoms with Crippen molar-refractivity contribution in [2.45, 2.75) is 57.0 Å². The summed E-state index contributed by atoms with van der Waals surface area (Å²) < 4.78 is 13.1. The van der Waals surface area contributed by atoms with E-state index in [1.807, 2.05) is 4.90 Å². The van der Waals surface area contributed by atoms with Gasteiger partial charge in [0.05, 0.1) is 5.54 Å². The maximum Gasteiger partial charge on any atom is 0.242 e. The molecule has 3 rings (SSSR count). The van der Waals surface area contributed by atoms with Gasteiger partial charge in [0.15, 0.2) is 0 Å². The largest absolute Gasteiger partial charge is 0.336 e. The number of hydrogen-bond donors (Lipinski definition) is 1. The molecule has 1 aromatic carbocycles. The molecule has 0 bridgehead atoms. The predicted molar refractivity (Wildman–Crippen MR) is 84.5 cm³/mol. The fourth-order valence-electron chi connectivity index (χ4n) is 3.35. The summed E-state index contributed by atoms with van der Waals surface area (Å²) >= 11 is 0. The number of amides is 1. The lowest BCUT2D eigenvalue weighted by molar-refractivity contribution is -0.139. The summed E-state index contributed by atoms with van der Waals surface area (Å²) in [6.45, 7) is 1.32. The summed E-state index contributed by atoms with van der Waals surface area (Å²) in [5, 5.41) is 0. The first-order chi connectivity index (χ1) is 10.6. The topological polar surface area (TPSA) is 46.3 Å². The Kier molecular flexibility index (Phi) is 4.48. The van der Waals surface area contributed by atoms with Gasteiger partial charge in [0.1, 0.15) is 5.82 Å². The molecule has 0 radical (unpaired) electrons. The Balaban J connectivity index is 1.73. The second kappa shape index (κ2) is 6.37. The number of carbonyl (C=O) groups is 1. The molecule has 0 atom stereocenters. The Morgan fingerprint density at radius 1 is 1.18 bits per heavy atom. The van der Waals surface area contributed by atoms with Crippen LogP contribution in [0.5, 0.6) is 0 Å². The van der Waals surface area contributed by atoms with Gasteiger partial charge in [-0.3, -0.25) is 4.79 Å². The molecule has 0 heterocycles. The number of nitrogens with zero attached hydrogens (tertiary/aromatic N) is 1. The Bertz CT molecular complexity index is 518. The molecule has 2 fully saturated rings. The Morgan fingerprint density at radius 2 is 1.82 bits per heavy atom. The third-order valence-electron chi connectivity index (χ3n) is 4.92. The standard InChI is InChI=1S/C18H25FN2O/c19-16-8-6-15(7-9-16)13-21(12-14-4-5-14)17(22)18(20)10-2-1-3-11-18/h6-9,14H,1-5,10-13,20H2. The molecule has 0 aliphatic heterocycles. The van der Waals surface area contributed by atoms with E-state index >= 15 is 0 Å². The number of hydrogen-bond acceptors (Lipinski definition) is 2. The number of benzene rings is 1. The van der Waals surface area contributed by atoms with Crippen LogP contribution in [0.4, 0.5) is 4.39 Å². The molecular formula is C18H25FN2O. The van der Waals surface area contributed by atoms with Crippen molar-refractivity contribution in [3.63, 3.8) is 0 Å². The van der Waals surface area contributed by atoms with Gasteiger partial charge in [0, 0.05) is 13.1 Å². The van der Waals surface area contributed by atoms with Crippen LogP contribution in [0.25, 0.3) is 0 Å². The minimum atomic E-state index is -0.687. The van der Waals surface area contributed by atoms with Gasteiger partial charge in [-0.1, -0.05) is 31.4 Å². The zero-order valence-electron chi connectivity index (χ0n) is 13.1. The van der Waals surface area contributed by atoms with Crippen LogP contribution in [0.1, 0.15) is 50.5 Å². The molecule has 120 valence electrons. The van der Waals surface area contributed by atoms with Crippen LogP contribution in [0, 0.1) is 11.7 Å². The molecule has 2 aliphatic carbocycles. The number of halogens is 1. The lowest BCUT2D eigenvalue weighted by atomic mass is 9.81. The monoisotopic (exact) mass is 304 g/mol. The smallest absolute Gasteiger partial charge is 0.242 e. The van der Waals surface area contributed by atoms with Crippen molar-refractivity contribution in [1.29, 1.82) is 0 Å². The normalized spacial score (nSPS) is 20.6. The summed E-state index contributed by atoms with van der Waals surface area (Å²) in [6.07, 6.45) is 7.22. The Hall–Kier alpha value is -1.42. The van der Waals surface area contributed by atoms with Gasteiger partial charge >= 0.3 is 0 Å². The molecule has 22 heavy (non-hydrogen) atoms. The molecule has 1 aromatic rings. The van der Waals surface area contributed by atoms with Gasteiger partial charge in [0.2, 0.25) is 5.91 Å². The zero-order valence-corrected chi connectivity index (χ0v) is 13.1. The SMILES string of the molecule is NC1(C(=O)N(Cc2ccc(F)cc2)CC2CC2)CCCCC1. The average Bonchev–Trinajstić information content (AvgIpc) is 3.33. The van der Waals surface area contributed by atoms with Crippen molar-refractivity contribution < 1.29 is 9.18 Å². The van der Waals surface area contributed by atoms with Crippen LogP contribution in [0.15, 0.2) is 24.3 Å². The number of carbonyl (C=O) groups excluding carboxylic acids is 1. The molecule has 1 amide bonds. The summed E-state index contributed by atoms with van der Waals surface area (Å²) in [5.74, 6) is 0.464. The maximum absolute atomic E-state index is 13.1. The Labute approximate surface area is 131 Å². The van der Waals surface area contributed by atoms with Crippen LogP contribution in [-0.4, -0.2) is 22.9 Å². The number of nitrogens with two attached hydrogens (primary N) is 1. The first kappa shape index (κ1) is 15.5. The van der Waals surface area contributed by atoms with E-state index in [1.54, 1.807) is 12.1 Å². The zero-order chi connectivity index (χ0) is 15.6. The molecule has 0 aromatic heterocycles. The van der Waals surface area contributed by atoms with E-state index in [4.69, 9.17) is 5.73 Å². The minimum absolute atomic E-state index is 0.0865. The van der Waals surface area contributed by atoms with Crippen molar-refractivity contribution in [2.75, 3.05) is 6.54 Å². The van der Waals surface area contributed by atoms with Gasteiger partial charge in [0.25, 0.3) is 0 Å². The average molecular weight is 304 g/mol. The quantitative estimate of drug-likeness (QED) is 0.908. The van der Waals surface area contributed by atoms with Crippen LogP contribution < -0.4 is 5.73 Å².